The van der Waals surface area contributed by atoms with Crippen molar-refractivity contribution in [3.8, 4) is 28.8 Å². The molecule has 0 atom stereocenters. The van der Waals surface area contributed by atoms with Gasteiger partial charge < -0.3 is 4.74 Å². The number of sulfonamides is 1. The normalized spacial score (nSPS) is 10.9. The number of rotatable bonds is 6. The van der Waals surface area contributed by atoms with Gasteiger partial charge in [0, 0.05) is 17.1 Å². The molecular formula is C19H12N6O3S2. The van der Waals surface area contributed by atoms with Crippen LogP contribution in [0, 0.1) is 11.3 Å². The molecule has 0 saturated heterocycles. The van der Waals surface area contributed by atoms with Crippen LogP contribution in [-0.4, -0.2) is 28.0 Å². The van der Waals surface area contributed by atoms with E-state index in [9.17, 15) is 13.7 Å². The fourth-order valence-corrected chi connectivity index (χ4v) is 4.27. The van der Waals surface area contributed by atoms with Gasteiger partial charge in [-0.2, -0.15) is 14.7 Å². The Kier molecular flexibility index (Phi) is 5.34. The van der Waals surface area contributed by atoms with Crippen LogP contribution >= 0.6 is 11.5 Å². The van der Waals surface area contributed by atoms with Gasteiger partial charge in [0.1, 0.15) is 18.1 Å². The van der Waals surface area contributed by atoms with Crippen LogP contribution < -0.4 is 9.46 Å². The van der Waals surface area contributed by atoms with E-state index in [1.165, 1.54) is 30.7 Å². The molecule has 0 spiro atoms. The van der Waals surface area contributed by atoms with Gasteiger partial charge in [0.2, 0.25) is 11.0 Å². The topological polar surface area (TPSA) is 131 Å². The number of hydrogen-bond donors (Lipinski definition) is 1. The minimum Gasteiger partial charge on any atom is -0.436 e. The molecule has 2 heterocycles. The van der Waals surface area contributed by atoms with Crippen LogP contribution in [0.3, 0.4) is 0 Å². The molecule has 1 N–H and O–H groups in total. The fraction of sp³-hybridized carbons (Fsp3) is 0. The number of ether oxygens (including phenoxy) is 1. The zero-order chi connectivity index (χ0) is 21.0. The number of anilines is 1. The Morgan fingerprint density at radius 2 is 1.93 bits per heavy atom. The molecule has 0 aliphatic rings. The summed E-state index contributed by atoms with van der Waals surface area (Å²) >= 11 is 0.903. The summed E-state index contributed by atoms with van der Waals surface area (Å²) in [5, 5.41) is 17.5. The summed E-state index contributed by atoms with van der Waals surface area (Å²) in [7, 11) is -3.93. The molecule has 2 aromatic carbocycles. The van der Waals surface area contributed by atoms with Crippen molar-refractivity contribution in [2.24, 2.45) is 0 Å². The molecule has 148 valence electrons. The minimum absolute atomic E-state index is 0.0276. The Balaban J connectivity index is 1.67. The molecule has 11 heteroatoms. The summed E-state index contributed by atoms with van der Waals surface area (Å²) in [4.78, 5) is 3.69. The van der Waals surface area contributed by atoms with Gasteiger partial charge in [0.15, 0.2) is 0 Å². The summed E-state index contributed by atoms with van der Waals surface area (Å²) in [5.74, 6) is 0.354. The number of benzene rings is 2. The predicted molar refractivity (Wildman–Crippen MR) is 109 cm³/mol. The van der Waals surface area contributed by atoms with E-state index in [2.05, 4.69) is 24.3 Å². The van der Waals surface area contributed by atoms with E-state index in [-0.39, 0.29) is 27.2 Å². The average Bonchev–Trinajstić information content (AvgIpc) is 3.27. The predicted octanol–water partition coefficient (Wildman–Crippen LogP) is 3.46. The highest BCUT2D eigenvalue weighted by atomic mass is 32.2. The second kappa shape index (κ2) is 8.24. The van der Waals surface area contributed by atoms with Crippen LogP contribution in [0.1, 0.15) is 5.56 Å². The third-order valence-electron chi connectivity index (χ3n) is 3.94. The maximum Gasteiger partial charge on any atom is 0.263 e. The lowest BCUT2D eigenvalue weighted by Crippen LogP contribution is -2.13. The van der Waals surface area contributed by atoms with Gasteiger partial charge in [0.25, 0.3) is 10.0 Å². The highest BCUT2D eigenvalue weighted by Crippen LogP contribution is 2.33. The Bertz CT molecular complexity index is 1320. The van der Waals surface area contributed by atoms with Crippen molar-refractivity contribution in [3.05, 3.63) is 72.7 Å². The zero-order valence-corrected chi connectivity index (χ0v) is 16.8. The van der Waals surface area contributed by atoms with Crippen LogP contribution in [0.2, 0.25) is 0 Å². The number of nitriles is 1. The van der Waals surface area contributed by atoms with Crippen LogP contribution in [0.4, 0.5) is 5.13 Å². The molecule has 4 aromatic rings. The van der Waals surface area contributed by atoms with Crippen molar-refractivity contribution in [2.75, 3.05) is 4.72 Å². The van der Waals surface area contributed by atoms with Gasteiger partial charge >= 0.3 is 0 Å². The number of nitrogens with zero attached hydrogens (tertiary/aromatic N) is 5. The summed E-state index contributed by atoms with van der Waals surface area (Å²) in [6.07, 6.45) is 2.78. The molecule has 0 aliphatic heterocycles. The Morgan fingerprint density at radius 3 is 2.67 bits per heavy atom. The van der Waals surface area contributed by atoms with Crippen molar-refractivity contribution in [1.29, 1.82) is 5.26 Å². The van der Waals surface area contributed by atoms with E-state index in [0.29, 0.717) is 5.56 Å². The fourth-order valence-electron chi connectivity index (χ4n) is 2.58. The molecule has 4 rings (SSSR count). The van der Waals surface area contributed by atoms with Crippen molar-refractivity contribution in [2.45, 2.75) is 4.90 Å². The molecule has 0 amide bonds. The van der Waals surface area contributed by atoms with Crippen LogP contribution in [0.5, 0.6) is 11.6 Å². The first-order valence-corrected chi connectivity index (χ1v) is 10.7. The Labute approximate surface area is 175 Å². The average molecular weight is 436 g/mol. The molecule has 30 heavy (non-hydrogen) atoms. The first-order valence-electron chi connectivity index (χ1n) is 8.45. The molecule has 0 saturated carbocycles. The quantitative estimate of drug-likeness (QED) is 0.486. The van der Waals surface area contributed by atoms with Crippen molar-refractivity contribution >= 4 is 26.7 Å². The second-order valence-electron chi connectivity index (χ2n) is 5.84. The largest absolute Gasteiger partial charge is 0.436 e. The van der Waals surface area contributed by atoms with E-state index in [0.717, 1.165) is 17.1 Å². The van der Waals surface area contributed by atoms with Crippen molar-refractivity contribution < 1.29 is 13.2 Å². The van der Waals surface area contributed by atoms with Crippen molar-refractivity contribution in [1.82, 2.24) is 19.6 Å². The second-order valence-corrected chi connectivity index (χ2v) is 8.30. The van der Waals surface area contributed by atoms with Gasteiger partial charge in [-0.15, -0.1) is 5.10 Å². The number of hydrogen-bond acceptors (Lipinski definition) is 9. The molecule has 0 radical (unpaired) electrons. The van der Waals surface area contributed by atoms with E-state index in [4.69, 9.17) is 4.74 Å². The lowest BCUT2D eigenvalue weighted by molar-refractivity contribution is 0.455. The lowest BCUT2D eigenvalue weighted by atomic mass is 10.1. The summed E-state index contributed by atoms with van der Waals surface area (Å²) in [5.41, 5.74) is 1.57. The lowest BCUT2D eigenvalue weighted by Gasteiger charge is -2.11. The van der Waals surface area contributed by atoms with Crippen molar-refractivity contribution in [3.63, 3.8) is 0 Å². The summed E-state index contributed by atoms with van der Waals surface area (Å²) in [6, 6.07) is 17.1. The maximum absolute atomic E-state index is 12.5. The van der Waals surface area contributed by atoms with Crippen LogP contribution in [-0.2, 0) is 10.0 Å². The minimum atomic E-state index is -3.93. The van der Waals surface area contributed by atoms with E-state index in [1.807, 2.05) is 36.4 Å². The number of nitrogens with one attached hydrogen (secondary N) is 1. The zero-order valence-electron chi connectivity index (χ0n) is 15.1. The smallest absolute Gasteiger partial charge is 0.263 e. The molecule has 2 aromatic heterocycles. The van der Waals surface area contributed by atoms with Gasteiger partial charge in [-0.05, 0) is 29.8 Å². The number of aromatic nitrogens is 4. The SMILES string of the molecule is N#Cc1cc(S(=O)(=O)Nc2ncns2)ccc1Oc1nnccc1-c1ccccc1. The van der Waals surface area contributed by atoms with Gasteiger partial charge in [-0.25, -0.2) is 13.4 Å². The molecule has 0 fully saturated rings. The monoisotopic (exact) mass is 436 g/mol. The summed E-state index contributed by atoms with van der Waals surface area (Å²) in [6.45, 7) is 0. The Hall–Kier alpha value is -3.88. The molecule has 0 unspecified atom stereocenters. The van der Waals surface area contributed by atoms with Gasteiger partial charge in [0.05, 0.1) is 16.7 Å². The van der Waals surface area contributed by atoms with Crippen LogP contribution in [0.25, 0.3) is 11.1 Å². The van der Waals surface area contributed by atoms with E-state index >= 15 is 0 Å². The van der Waals surface area contributed by atoms with Gasteiger partial charge in [-0.3, -0.25) is 4.72 Å². The van der Waals surface area contributed by atoms with E-state index < -0.39 is 10.0 Å². The highest BCUT2D eigenvalue weighted by molar-refractivity contribution is 7.93. The highest BCUT2D eigenvalue weighted by Gasteiger charge is 2.19. The third kappa shape index (κ3) is 4.09. The van der Waals surface area contributed by atoms with Crippen LogP contribution in [0.15, 0.2) is 72.0 Å². The van der Waals surface area contributed by atoms with Gasteiger partial charge in [-0.1, -0.05) is 30.3 Å². The molecule has 0 aliphatic carbocycles. The first-order chi connectivity index (χ1) is 14.6. The third-order valence-corrected chi connectivity index (χ3v) is 5.99. The Morgan fingerprint density at radius 1 is 1.10 bits per heavy atom. The summed E-state index contributed by atoms with van der Waals surface area (Å²) < 4.78 is 36.9. The molecule has 0 bridgehead atoms. The maximum atomic E-state index is 12.5. The molecular weight excluding hydrogens is 424 g/mol. The standard InChI is InChI=1S/C19H12N6O3S2/c20-11-14-10-15(30(26,27)25-19-21-12-23-29-19)6-7-17(14)28-18-16(8-9-22-24-18)13-4-2-1-3-5-13/h1-10,12H,(H,21,23,25). The van der Waals surface area contributed by atoms with E-state index in [1.54, 1.807) is 6.07 Å². The molecule has 9 nitrogen and oxygen atoms in total. The first kappa shape index (κ1) is 19.4.